The van der Waals surface area contributed by atoms with Crippen LogP contribution in [-0.2, 0) is 0 Å². The molecule has 0 N–H and O–H groups in total. The molecule has 0 aliphatic heterocycles. The summed E-state index contributed by atoms with van der Waals surface area (Å²) < 4.78 is 0. The minimum absolute atomic E-state index is 0.289. The van der Waals surface area contributed by atoms with E-state index in [0.717, 1.165) is 17.8 Å². The van der Waals surface area contributed by atoms with Gasteiger partial charge >= 0.3 is 0 Å². The monoisotopic (exact) mass is 290 g/mol. The van der Waals surface area contributed by atoms with Gasteiger partial charge in [0.1, 0.15) is 0 Å². The molecule has 2 aliphatic rings. The Labute approximate surface area is 133 Å². The normalized spacial score (nSPS) is 44.2. The SMILES string of the molecule is C=CC(C)(C)CCC1(C)C(C)CCC2(C)C(C)CCCC21. The van der Waals surface area contributed by atoms with Crippen molar-refractivity contribution in [1.29, 1.82) is 0 Å². The highest BCUT2D eigenvalue weighted by Gasteiger charge is 2.54. The van der Waals surface area contributed by atoms with Crippen molar-refractivity contribution in [3.8, 4) is 0 Å². The molecular formula is C21H38. The summed E-state index contributed by atoms with van der Waals surface area (Å²) in [6.07, 6.45) is 12.1. The number of hydrogen-bond acceptors (Lipinski definition) is 0. The predicted octanol–water partition coefficient (Wildman–Crippen LogP) is 6.86. The lowest BCUT2D eigenvalue weighted by atomic mass is 9.44. The minimum atomic E-state index is 0.289. The summed E-state index contributed by atoms with van der Waals surface area (Å²) >= 11 is 0. The van der Waals surface area contributed by atoms with Crippen LogP contribution in [0, 0.1) is 34.0 Å². The molecule has 2 saturated carbocycles. The summed E-state index contributed by atoms with van der Waals surface area (Å²) in [5, 5.41) is 0. The Morgan fingerprint density at radius 1 is 1.10 bits per heavy atom. The topological polar surface area (TPSA) is 0 Å². The smallest absolute Gasteiger partial charge is 0.0177 e. The Bertz CT molecular complexity index is 379. The van der Waals surface area contributed by atoms with Crippen LogP contribution in [0.2, 0.25) is 0 Å². The van der Waals surface area contributed by atoms with Crippen LogP contribution in [0.15, 0.2) is 12.7 Å². The second-order valence-corrected chi connectivity index (χ2v) is 9.53. The lowest BCUT2D eigenvalue weighted by molar-refractivity contribution is -0.111. The maximum absolute atomic E-state index is 4.05. The molecule has 0 aromatic carbocycles. The van der Waals surface area contributed by atoms with Gasteiger partial charge in [0.25, 0.3) is 0 Å². The van der Waals surface area contributed by atoms with Crippen LogP contribution in [0.1, 0.15) is 86.5 Å². The highest BCUT2D eigenvalue weighted by molar-refractivity contribution is 5.04. The average Bonchev–Trinajstić information content (AvgIpc) is 2.44. The summed E-state index contributed by atoms with van der Waals surface area (Å²) in [6.45, 7) is 19.0. The van der Waals surface area contributed by atoms with Crippen LogP contribution < -0.4 is 0 Å². The van der Waals surface area contributed by atoms with Crippen molar-refractivity contribution in [3.05, 3.63) is 12.7 Å². The van der Waals surface area contributed by atoms with E-state index < -0.39 is 0 Å². The van der Waals surface area contributed by atoms with E-state index in [1.807, 2.05) is 0 Å². The molecule has 0 spiro atoms. The third-order valence-corrected chi connectivity index (χ3v) is 7.95. The zero-order valence-corrected chi connectivity index (χ0v) is 15.5. The first-order chi connectivity index (χ1) is 9.66. The maximum atomic E-state index is 4.05. The maximum Gasteiger partial charge on any atom is -0.0177 e. The summed E-state index contributed by atoms with van der Waals surface area (Å²) in [6, 6.07) is 0. The lowest BCUT2D eigenvalue weighted by Gasteiger charge is -2.60. The molecule has 2 fully saturated rings. The fourth-order valence-corrected chi connectivity index (χ4v) is 5.45. The molecular weight excluding hydrogens is 252 g/mol. The van der Waals surface area contributed by atoms with Gasteiger partial charge in [-0.25, -0.2) is 0 Å². The highest BCUT2D eigenvalue weighted by Crippen LogP contribution is 2.63. The first-order valence-electron chi connectivity index (χ1n) is 9.29. The first kappa shape index (κ1) is 17.1. The predicted molar refractivity (Wildman–Crippen MR) is 94.3 cm³/mol. The summed E-state index contributed by atoms with van der Waals surface area (Å²) in [5.41, 5.74) is 1.41. The molecule has 5 unspecified atom stereocenters. The molecule has 122 valence electrons. The molecule has 0 saturated heterocycles. The van der Waals surface area contributed by atoms with Crippen molar-refractivity contribution in [3.63, 3.8) is 0 Å². The molecule has 2 rings (SSSR count). The van der Waals surface area contributed by atoms with Crippen LogP contribution in [0.3, 0.4) is 0 Å². The molecule has 0 bridgehead atoms. The lowest BCUT2D eigenvalue weighted by Crippen LogP contribution is -2.52. The number of hydrogen-bond donors (Lipinski definition) is 0. The van der Waals surface area contributed by atoms with Gasteiger partial charge in [0.05, 0.1) is 0 Å². The molecule has 0 heterocycles. The van der Waals surface area contributed by atoms with E-state index in [9.17, 15) is 0 Å². The minimum Gasteiger partial charge on any atom is -0.103 e. The number of rotatable bonds is 4. The molecule has 0 nitrogen and oxygen atoms in total. The van der Waals surface area contributed by atoms with E-state index in [0.29, 0.717) is 10.8 Å². The van der Waals surface area contributed by atoms with E-state index >= 15 is 0 Å². The fourth-order valence-electron chi connectivity index (χ4n) is 5.45. The average molecular weight is 291 g/mol. The Hall–Kier alpha value is -0.260. The van der Waals surface area contributed by atoms with Crippen LogP contribution in [0.4, 0.5) is 0 Å². The Morgan fingerprint density at radius 2 is 1.76 bits per heavy atom. The van der Waals surface area contributed by atoms with Crippen LogP contribution in [0.25, 0.3) is 0 Å². The van der Waals surface area contributed by atoms with Gasteiger partial charge in [-0.05, 0) is 66.1 Å². The zero-order chi connectivity index (χ0) is 15.9. The third-order valence-electron chi connectivity index (χ3n) is 7.95. The van der Waals surface area contributed by atoms with E-state index in [2.05, 4.69) is 54.2 Å². The van der Waals surface area contributed by atoms with E-state index in [1.165, 1.54) is 44.9 Å². The highest BCUT2D eigenvalue weighted by atomic mass is 14.6. The van der Waals surface area contributed by atoms with Crippen LogP contribution >= 0.6 is 0 Å². The van der Waals surface area contributed by atoms with Gasteiger partial charge in [-0.15, -0.1) is 6.58 Å². The van der Waals surface area contributed by atoms with Crippen LogP contribution in [-0.4, -0.2) is 0 Å². The fraction of sp³-hybridized carbons (Fsp3) is 0.905. The van der Waals surface area contributed by atoms with E-state index in [4.69, 9.17) is 0 Å². The van der Waals surface area contributed by atoms with Gasteiger partial charge in [0.2, 0.25) is 0 Å². The zero-order valence-electron chi connectivity index (χ0n) is 15.5. The largest absolute Gasteiger partial charge is 0.103 e. The summed E-state index contributed by atoms with van der Waals surface area (Å²) in [5.74, 6) is 2.72. The third kappa shape index (κ3) is 2.97. The molecule has 0 radical (unpaired) electrons. The molecule has 0 aromatic heterocycles. The van der Waals surface area contributed by atoms with Crippen molar-refractivity contribution in [2.75, 3.05) is 0 Å². The summed E-state index contributed by atoms with van der Waals surface area (Å²) in [7, 11) is 0. The van der Waals surface area contributed by atoms with Crippen molar-refractivity contribution in [2.24, 2.45) is 34.0 Å². The molecule has 0 heteroatoms. The number of fused-ring (bicyclic) bond motifs is 1. The molecule has 5 atom stereocenters. The van der Waals surface area contributed by atoms with Gasteiger partial charge < -0.3 is 0 Å². The van der Waals surface area contributed by atoms with Gasteiger partial charge in [-0.1, -0.05) is 60.5 Å². The molecule has 0 aromatic rings. The van der Waals surface area contributed by atoms with E-state index in [1.54, 1.807) is 0 Å². The Balaban J connectivity index is 2.23. The van der Waals surface area contributed by atoms with Crippen LogP contribution in [0.5, 0.6) is 0 Å². The van der Waals surface area contributed by atoms with Gasteiger partial charge in [-0.2, -0.15) is 0 Å². The van der Waals surface area contributed by atoms with Crippen molar-refractivity contribution in [2.45, 2.75) is 86.5 Å². The summed E-state index contributed by atoms with van der Waals surface area (Å²) in [4.78, 5) is 0. The standard InChI is InChI=1S/C21H38/c1-8-19(4,5)14-15-21(7)17(3)12-13-20(6)16(2)10-9-11-18(20)21/h8,16-18H,1,9-15H2,2-7H3. The second kappa shape index (κ2) is 5.74. The number of allylic oxidation sites excluding steroid dienone is 1. The van der Waals surface area contributed by atoms with Gasteiger partial charge in [0.15, 0.2) is 0 Å². The first-order valence-corrected chi connectivity index (χ1v) is 9.29. The van der Waals surface area contributed by atoms with Gasteiger partial charge in [-0.3, -0.25) is 0 Å². The molecule has 21 heavy (non-hydrogen) atoms. The second-order valence-electron chi connectivity index (χ2n) is 9.53. The van der Waals surface area contributed by atoms with Crippen molar-refractivity contribution in [1.82, 2.24) is 0 Å². The van der Waals surface area contributed by atoms with Gasteiger partial charge in [0, 0.05) is 0 Å². The van der Waals surface area contributed by atoms with E-state index in [-0.39, 0.29) is 5.41 Å². The Morgan fingerprint density at radius 3 is 2.38 bits per heavy atom. The quantitative estimate of drug-likeness (QED) is 0.496. The van der Waals surface area contributed by atoms with Crippen molar-refractivity contribution < 1.29 is 0 Å². The Kier molecular flexibility index (Phi) is 4.68. The molecule has 0 amide bonds. The molecule has 2 aliphatic carbocycles. The van der Waals surface area contributed by atoms with Crippen molar-refractivity contribution >= 4 is 0 Å².